The van der Waals surface area contributed by atoms with Crippen LogP contribution in [0.25, 0.3) is 5.82 Å². The van der Waals surface area contributed by atoms with E-state index < -0.39 is 0 Å². The van der Waals surface area contributed by atoms with Crippen molar-refractivity contribution in [2.75, 3.05) is 5.32 Å². The first-order valence-electron chi connectivity index (χ1n) is 6.04. The number of hydrogen-bond acceptors (Lipinski definition) is 4. The number of aryl methyl sites for hydroxylation is 1. The molecule has 100 valence electrons. The third-order valence-corrected chi connectivity index (χ3v) is 3.86. The molecule has 1 amide bonds. The molecule has 0 aliphatic rings. The third kappa shape index (κ3) is 2.46. The normalized spacial score (nSPS) is 10.4. The van der Waals surface area contributed by atoms with Crippen LogP contribution in [0.3, 0.4) is 0 Å². The quantitative estimate of drug-likeness (QED) is 0.804. The fourth-order valence-corrected chi connectivity index (χ4v) is 2.62. The minimum Gasteiger partial charge on any atom is -0.320 e. The lowest BCUT2D eigenvalue weighted by molar-refractivity contribution is 0.103. The second-order valence-electron chi connectivity index (χ2n) is 4.26. The van der Waals surface area contributed by atoms with E-state index in [4.69, 9.17) is 0 Å². The number of thiophene rings is 1. The molecule has 0 saturated heterocycles. The molecule has 0 fully saturated rings. The van der Waals surface area contributed by atoms with E-state index >= 15 is 0 Å². The SMILES string of the molecule is Cc1ccsc1C(=O)Nc1ccc(-n2ccnc2)nc1. The van der Waals surface area contributed by atoms with Gasteiger partial charge in [-0.25, -0.2) is 9.97 Å². The van der Waals surface area contributed by atoms with Gasteiger partial charge in [-0.15, -0.1) is 11.3 Å². The maximum Gasteiger partial charge on any atom is 0.266 e. The van der Waals surface area contributed by atoms with E-state index in [0.717, 1.165) is 16.3 Å². The molecule has 3 aromatic rings. The summed E-state index contributed by atoms with van der Waals surface area (Å²) in [6.07, 6.45) is 6.82. The molecule has 0 saturated carbocycles. The van der Waals surface area contributed by atoms with Gasteiger partial charge in [-0.05, 0) is 36.1 Å². The van der Waals surface area contributed by atoms with Gasteiger partial charge >= 0.3 is 0 Å². The number of rotatable bonds is 3. The van der Waals surface area contributed by atoms with Crippen LogP contribution in [0, 0.1) is 6.92 Å². The number of pyridine rings is 1. The molecule has 0 aromatic carbocycles. The van der Waals surface area contributed by atoms with Crippen molar-refractivity contribution in [1.29, 1.82) is 0 Å². The fraction of sp³-hybridized carbons (Fsp3) is 0.0714. The standard InChI is InChI=1S/C14H12N4OS/c1-10-4-7-20-13(10)14(19)17-11-2-3-12(16-8-11)18-6-5-15-9-18/h2-9H,1H3,(H,17,19). The molecule has 0 radical (unpaired) electrons. The largest absolute Gasteiger partial charge is 0.320 e. The van der Waals surface area contributed by atoms with Gasteiger partial charge < -0.3 is 5.32 Å². The second kappa shape index (κ2) is 5.26. The first-order chi connectivity index (χ1) is 9.74. The topological polar surface area (TPSA) is 59.8 Å². The highest BCUT2D eigenvalue weighted by molar-refractivity contribution is 7.12. The summed E-state index contributed by atoms with van der Waals surface area (Å²) in [6.45, 7) is 1.92. The van der Waals surface area contributed by atoms with Gasteiger partial charge in [-0.2, -0.15) is 0 Å². The molecule has 0 bridgehead atoms. The van der Waals surface area contributed by atoms with Crippen LogP contribution in [-0.4, -0.2) is 20.4 Å². The van der Waals surface area contributed by atoms with Crippen LogP contribution in [0.15, 0.2) is 48.5 Å². The van der Waals surface area contributed by atoms with Gasteiger partial charge in [0.15, 0.2) is 0 Å². The van der Waals surface area contributed by atoms with Crippen LogP contribution < -0.4 is 5.32 Å². The van der Waals surface area contributed by atoms with Gasteiger partial charge in [0.1, 0.15) is 12.1 Å². The zero-order chi connectivity index (χ0) is 13.9. The van der Waals surface area contributed by atoms with E-state index in [1.165, 1.54) is 11.3 Å². The summed E-state index contributed by atoms with van der Waals surface area (Å²) in [5, 5.41) is 4.75. The van der Waals surface area contributed by atoms with Crippen molar-refractivity contribution >= 4 is 22.9 Å². The molecule has 3 rings (SSSR count). The van der Waals surface area contributed by atoms with Gasteiger partial charge in [-0.1, -0.05) is 0 Å². The lowest BCUT2D eigenvalue weighted by Crippen LogP contribution is -2.11. The average Bonchev–Trinajstić information content (AvgIpc) is 3.10. The monoisotopic (exact) mass is 284 g/mol. The van der Waals surface area contributed by atoms with Crippen LogP contribution >= 0.6 is 11.3 Å². The Morgan fingerprint density at radius 2 is 2.25 bits per heavy atom. The van der Waals surface area contributed by atoms with Gasteiger partial charge in [-0.3, -0.25) is 9.36 Å². The Kier molecular flexibility index (Phi) is 3.30. The summed E-state index contributed by atoms with van der Waals surface area (Å²) in [5.41, 5.74) is 1.65. The van der Waals surface area contributed by atoms with Crippen molar-refractivity contribution in [3.8, 4) is 5.82 Å². The van der Waals surface area contributed by atoms with E-state index in [0.29, 0.717) is 5.69 Å². The van der Waals surface area contributed by atoms with E-state index in [-0.39, 0.29) is 5.91 Å². The Labute approximate surface area is 119 Å². The van der Waals surface area contributed by atoms with Crippen LogP contribution in [0.5, 0.6) is 0 Å². The predicted molar refractivity (Wildman–Crippen MR) is 78.4 cm³/mol. The number of carbonyl (C=O) groups is 1. The number of amides is 1. The number of imidazole rings is 1. The van der Waals surface area contributed by atoms with E-state index in [2.05, 4.69) is 15.3 Å². The molecule has 0 aliphatic carbocycles. The number of carbonyl (C=O) groups excluding carboxylic acids is 1. The lowest BCUT2D eigenvalue weighted by Gasteiger charge is -2.06. The zero-order valence-corrected chi connectivity index (χ0v) is 11.6. The first kappa shape index (κ1) is 12.6. The van der Waals surface area contributed by atoms with Crippen molar-refractivity contribution in [1.82, 2.24) is 14.5 Å². The van der Waals surface area contributed by atoms with E-state index in [1.807, 2.05) is 36.7 Å². The average molecular weight is 284 g/mol. The highest BCUT2D eigenvalue weighted by atomic mass is 32.1. The molecule has 0 atom stereocenters. The molecule has 0 unspecified atom stereocenters. The van der Waals surface area contributed by atoms with E-state index in [1.54, 1.807) is 23.3 Å². The summed E-state index contributed by atoms with van der Waals surface area (Å²) in [7, 11) is 0. The number of aromatic nitrogens is 3. The van der Waals surface area contributed by atoms with Gasteiger partial charge in [0.25, 0.3) is 5.91 Å². The maximum atomic E-state index is 12.1. The van der Waals surface area contributed by atoms with Crippen LogP contribution in [-0.2, 0) is 0 Å². The smallest absolute Gasteiger partial charge is 0.266 e. The van der Waals surface area contributed by atoms with Crippen LogP contribution in [0.1, 0.15) is 15.2 Å². The van der Waals surface area contributed by atoms with Crippen molar-refractivity contribution in [3.05, 3.63) is 58.9 Å². The van der Waals surface area contributed by atoms with Gasteiger partial charge in [0, 0.05) is 12.4 Å². The molecule has 20 heavy (non-hydrogen) atoms. The number of nitrogens with one attached hydrogen (secondary N) is 1. The fourth-order valence-electron chi connectivity index (χ4n) is 1.80. The summed E-state index contributed by atoms with van der Waals surface area (Å²) in [4.78, 5) is 21.0. The minimum absolute atomic E-state index is 0.102. The number of nitrogens with zero attached hydrogens (tertiary/aromatic N) is 3. The molecule has 0 spiro atoms. The summed E-state index contributed by atoms with van der Waals surface area (Å²) < 4.78 is 1.80. The molecule has 5 nitrogen and oxygen atoms in total. The predicted octanol–water partition coefficient (Wildman–Crippen LogP) is 2.89. The molecular weight excluding hydrogens is 272 g/mol. The van der Waals surface area contributed by atoms with Gasteiger partial charge in [0.2, 0.25) is 0 Å². The first-order valence-corrected chi connectivity index (χ1v) is 6.92. The molecule has 1 N–H and O–H groups in total. The highest BCUT2D eigenvalue weighted by Gasteiger charge is 2.10. The second-order valence-corrected chi connectivity index (χ2v) is 5.18. The van der Waals surface area contributed by atoms with Crippen molar-refractivity contribution < 1.29 is 4.79 Å². The summed E-state index contributed by atoms with van der Waals surface area (Å²) in [6, 6.07) is 5.59. The Morgan fingerprint density at radius 1 is 1.35 bits per heavy atom. The van der Waals surface area contributed by atoms with Crippen LogP contribution in [0.2, 0.25) is 0 Å². The Balaban J connectivity index is 1.76. The summed E-state index contributed by atoms with van der Waals surface area (Å²) >= 11 is 1.43. The lowest BCUT2D eigenvalue weighted by atomic mass is 10.3. The molecule has 0 aliphatic heterocycles. The molecule has 3 heterocycles. The maximum absolute atomic E-state index is 12.1. The third-order valence-electron chi connectivity index (χ3n) is 2.84. The van der Waals surface area contributed by atoms with Crippen molar-refractivity contribution in [2.45, 2.75) is 6.92 Å². The Morgan fingerprint density at radius 3 is 2.85 bits per heavy atom. The van der Waals surface area contributed by atoms with Crippen molar-refractivity contribution in [2.24, 2.45) is 0 Å². The van der Waals surface area contributed by atoms with E-state index in [9.17, 15) is 4.79 Å². The molecule has 3 aromatic heterocycles. The summed E-state index contributed by atoms with van der Waals surface area (Å²) in [5.74, 6) is 0.655. The van der Waals surface area contributed by atoms with Crippen LogP contribution in [0.4, 0.5) is 5.69 Å². The molecular formula is C14H12N4OS. The number of anilines is 1. The highest BCUT2D eigenvalue weighted by Crippen LogP contribution is 2.18. The molecule has 6 heteroatoms. The number of hydrogen-bond donors (Lipinski definition) is 1. The van der Waals surface area contributed by atoms with Gasteiger partial charge in [0.05, 0.1) is 16.8 Å². The minimum atomic E-state index is -0.102. The Hall–Kier alpha value is -2.47. The van der Waals surface area contributed by atoms with Crippen molar-refractivity contribution in [3.63, 3.8) is 0 Å². The Bertz CT molecular complexity index is 716. The zero-order valence-electron chi connectivity index (χ0n) is 10.8.